The molecule has 2 heterocycles. The molecule has 2 N–H and O–H groups in total. The number of amides is 1. The fourth-order valence-electron chi connectivity index (χ4n) is 2.45. The monoisotopic (exact) mass is 358 g/mol. The van der Waals surface area contributed by atoms with Gasteiger partial charge in [-0.2, -0.15) is 0 Å². The van der Waals surface area contributed by atoms with E-state index < -0.39 is 5.97 Å². The Balaban J connectivity index is 1.95. The van der Waals surface area contributed by atoms with E-state index in [4.69, 9.17) is 5.11 Å². The van der Waals surface area contributed by atoms with Gasteiger partial charge in [-0.3, -0.25) is 19.7 Å². The van der Waals surface area contributed by atoms with Crippen LogP contribution in [-0.4, -0.2) is 21.7 Å². The van der Waals surface area contributed by atoms with Gasteiger partial charge in [-0.25, -0.2) is 4.39 Å². The molecule has 25 heavy (non-hydrogen) atoms. The molecule has 1 amide bonds. The van der Waals surface area contributed by atoms with Crippen LogP contribution in [0.25, 0.3) is 11.3 Å². The molecule has 3 rings (SSSR count). The number of rotatable bonds is 6. The topological polar surface area (TPSA) is 71.3 Å². The van der Waals surface area contributed by atoms with E-state index in [0.717, 1.165) is 5.56 Å². The molecule has 0 fully saturated rings. The fraction of sp³-hybridized carbons (Fsp3) is 0.111. The second-order valence-corrected chi connectivity index (χ2v) is 6.31. The maximum atomic E-state index is 13.2. The predicted molar refractivity (Wildman–Crippen MR) is 93.8 cm³/mol. The Labute approximate surface area is 147 Å². The highest BCUT2D eigenvalue weighted by molar-refractivity contribution is 7.12. The molecular weight excluding hydrogens is 343 g/mol. The van der Waals surface area contributed by atoms with Crippen molar-refractivity contribution in [1.82, 2.24) is 4.68 Å². The van der Waals surface area contributed by atoms with E-state index >= 15 is 0 Å². The fourth-order valence-corrected chi connectivity index (χ4v) is 3.07. The summed E-state index contributed by atoms with van der Waals surface area (Å²) in [5.41, 5.74) is 4.83. The number of benzene rings is 1. The number of carbonyl (C=O) groups excluding carboxylic acids is 1. The van der Waals surface area contributed by atoms with Crippen molar-refractivity contribution in [3.8, 4) is 11.3 Å². The smallest absolute Gasteiger partial charge is 0.303 e. The van der Waals surface area contributed by atoms with Crippen LogP contribution in [0.2, 0.25) is 0 Å². The standard InChI is InChI=1S/C18H15FN2O3S/c19-13-5-3-12(4-6-13)15-9-7-14(8-10-17(22)23)21(15)20-18(24)16-2-1-11-25-16/h1-7,9,11H,8,10H2,(H,20,24)(H,22,23). The van der Waals surface area contributed by atoms with Crippen molar-refractivity contribution in [1.29, 1.82) is 0 Å². The maximum absolute atomic E-state index is 13.2. The number of aliphatic carboxylic acids is 1. The molecular formula is C18H15FN2O3S. The first-order valence-electron chi connectivity index (χ1n) is 7.58. The summed E-state index contributed by atoms with van der Waals surface area (Å²) in [6.07, 6.45) is 0.211. The highest BCUT2D eigenvalue weighted by Gasteiger charge is 2.15. The number of hydrogen-bond acceptors (Lipinski definition) is 3. The highest BCUT2D eigenvalue weighted by atomic mass is 32.1. The van der Waals surface area contributed by atoms with E-state index in [-0.39, 0.29) is 24.6 Å². The summed E-state index contributed by atoms with van der Waals surface area (Å²) in [6, 6.07) is 12.9. The van der Waals surface area contributed by atoms with Gasteiger partial charge in [0.2, 0.25) is 0 Å². The molecule has 0 bridgehead atoms. The Morgan fingerprint density at radius 3 is 2.52 bits per heavy atom. The molecule has 5 nitrogen and oxygen atoms in total. The summed E-state index contributed by atoms with van der Waals surface area (Å²) in [7, 11) is 0. The molecule has 3 aromatic rings. The summed E-state index contributed by atoms with van der Waals surface area (Å²) in [5, 5.41) is 10.7. The zero-order valence-corrected chi connectivity index (χ0v) is 13.9. The SMILES string of the molecule is O=C(O)CCc1ccc(-c2ccc(F)cc2)n1NC(=O)c1cccs1. The van der Waals surface area contributed by atoms with Crippen molar-refractivity contribution in [2.75, 3.05) is 5.43 Å². The lowest BCUT2D eigenvalue weighted by atomic mass is 10.1. The second-order valence-electron chi connectivity index (χ2n) is 5.36. The first kappa shape index (κ1) is 16.9. The molecule has 1 aromatic carbocycles. The Kier molecular flexibility index (Phi) is 4.95. The third-order valence-corrected chi connectivity index (χ3v) is 4.52. The molecule has 0 aliphatic heterocycles. The van der Waals surface area contributed by atoms with Crippen LogP contribution in [0.15, 0.2) is 53.9 Å². The minimum atomic E-state index is -0.916. The van der Waals surface area contributed by atoms with Gasteiger partial charge in [0.15, 0.2) is 0 Å². The van der Waals surface area contributed by atoms with E-state index in [0.29, 0.717) is 16.3 Å². The summed E-state index contributed by atoms with van der Waals surface area (Å²) in [5.74, 6) is -1.55. The number of nitrogens with zero attached hydrogens (tertiary/aromatic N) is 1. The van der Waals surface area contributed by atoms with E-state index in [1.807, 2.05) is 0 Å². The molecule has 0 aliphatic rings. The van der Waals surface area contributed by atoms with Gasteiger partial charge in [-0.1, -0.05) is 6.07 Å². The molecule has 0 spiro atoms. The van der Waals surface area contributed by atoms with E-state index in [1.54, 1.807) is 46.5 Å². The Morgan fingerprint density at radius 2 is 1.88 bits per heavy atom. The molecule has 0 aliphatic carbocycles. The lowest BCUT2D eigenvalue weighted by Crippen LogP contribution is -2.25. The quantitative estimate of drug-likeness (QED) is 0.705. The highest BCUT2D eigenvalue weighted by Crippen LogP contribution is 2.23. The average molecular weight is 358 g/mol. The summed E-state index contributed by atoms with van der Waals surface area (Å²) in [6.45, 7) is 0. The Bertz CT molecular complexity index is 886. The van der Waals surface area contributed by atoms with Gasteiger partial charge in [0, 0.05) is 17.7 Å². The number of aromatic nitrogens is 1. The van der Waals surface area contributed by atoms with Gasteiger partial charge in [-0.05, 0) is 47.8 Å². The van der Waals surface area contributed by atoms with Crippen molar-refractivity contribution < 1.29 is 19.1 Å². The second kappa shape index (κ2) is 7.31. The average Bonchev–Trinajstić information content (AvgIpc) is 3.24. The van der Waals surface area contributed by atoms with Crippen molar-refractivity contribution in [2.45, 2.75) is 12.8 Å². The maximum Gasteiger partial charge on any atom is 0.303 e. The number of thiophene rings is 1. The van der Waals surface area contributed by atoms with Crippen LogP contribution in [0.4, 0.5) is 4.39 Å². The molecule has 0 radical (unpaired) electrons. The van der Waals surface area contributed by atoms with Crippen LogP contribution in [0, 0.1) is 5.82 Å². The third kappa shape index (κ3) is 3.95. The number of carbonyl (C=O) groups is 2. The minimum absolute atomic E-state index is 0.0538. The number of aryl methyl sites for hydroxylation is 1. The predicted octanol–water partition coefficient (Wildman–Crippen LogP) is 3.76. The van der Waals surface area contributed by atoms with Crippen molar-refractivity contribution in [2.24, 2.45) is 0 Å². The van der Waals surface area contributed by atoms with E-state index in [9.17, 15) is 14.0 Å². The number of carboxylic acids is 1. The van der Waals surface area contributed by atoms with Crippen LogP contribution < -0.4 is 5.43 Å². The van der Waals surface area contributed by atoms with Gasteiger partial charge < -0.3 is 5.11 Å². The summed E-state index contributed by atoms with van der Waals surface area (Å²) >= 11 is 1.31. The van der Waals surface area contributed by atoms with Crippen molar-refractivity contribution in [3.05, 3.63) is 70.3 Å². The van der Waals surface area contributed by atoms with Crippen LogP contribution in [0.3, 0.4) is 0 Å². The van der Waals surface area contributed by atoms with Crippen molar-refractivity contribution >= 4 is 23.2 Å². The summed E-state index contributed by atoms with van der Waals surface area (Å²) < 4.78 is 14.7. The Morgan fingerprint density at radius 1 is 1.12 bits per heavy atom. The van der Waals surface area contributed by atoms with Gasteiger partial charge in [0.25, 0.3) is 5.91 Å². The Hall–Kier alpha value is -2.93. The van der Waals surface area contributed by atoms with Gasteiger partial charge in [0.1, 0.15) is 5.82 Å². The lowest BCUT2D eigenvalue weighted by molar-refractivity contribution is -0.136. The van der Waals surface area contributed by atoms with E-state index in [2.05, 4.69) is 5.43 Å². The third-order valence-electron chi connectivity index (χ3n) is 3.66. The molecule has 0 unspecified atom stereocenters. The first-order chi connectivity index (χ1) is 12.0. The lowest BCUT2D eigenvalue weighted by Gasteiger charge is -2.14. The number of nitrogens with one attached hydrogen (secondary N) is 1. The van der Waals surface area contributed by atoms with Gasteiger partial charge in [-0.15, -0.1) is 11.3 Å². The molecule has 0 atom stereocenters. The van der Waals surface area contributed by atoms with E-state index in [1.165, 1.54) is 23.5 Å². The molecule has 2 aromatic heterocycles. The zero-order chi connectivity index (χ0) is 17.8. The van der Waals surface area contributed by atoms with Crippen LogP contribution in [0.5, 0.6) is 0 Å². The van der Waals surface area contributed by atoms with Gasteiger partial charge >= 0.3 is 5.97 Å². The normalized spacial score (nSPS) is 10.6. The number of hydrogen-bond donors (Lipinski definition) is 2. The van der Waals surface area contributed by atoms with Crippen LogP contribution in [-0.2, 0) is 11.2 Å². The molecule has 0 saturated heterocycles. The largest absolute Gasteiger partial charge is 0.481 e. The number of halogens is 1. The first-order valence-corrected chi connectivity index (χ1v) is 8.46. The minimum Gasteiger partial charge on any atom is -0.481 e. The summed E-state index contributed by atoms with van der Waals surface area (Å²) in [4.78, 5) is 23.8. The molecule has 0 saturated carbocycles. The molecule has 128 valence electrons. The molecule has 7 heteroatoms. The number of carboxylic acid groups (broad SMARTS) is 1. The van der Waals surface area contributed by atoms with Crippen LogP contribution >= 0.6 is 11.3 Å². The van der Waals surface area contributed by atoms with Crippen LogP contribution in [0.1, 0.15) is 21.8 Å². The van der Waals surface area contributed by atoms with Crippen molar-refractivity contribution in [3.63, 3.8) is 0 Å². The van der Waals surface area contributed by atoms with Gasteiger partial charge in [0.05, 0.1) is 17.0 Å². The zero-order valence-electron chi connectivity index (χ0n) is 13.1.